The van der Waals surface area contributed by atoms with E-state index in [4.69, 9.17) is 4.74 Å². The molecule has 0 saturated carbocycles. The summed E-state index contributed by atoms with van der Waals surface area (Å²) in [7, 11) is 0. The lowest BCUT2D eigenvalue weighted by molar-refractivity contribution is 0.148. The van der Waals surface area contributed by atoms with E-state index < -0.39 is 0 Å². The summed E-state index contributed by atoms with van der Waals surface area (Å²) in [5, 5.41) is 3.44. The molecule has 3 nitrogen and oxygen atoms in total. The molecule has 1 atom stereocenters. The van der Waals surface area contributed by atoms with Gasteiger partial charge in [0, 0.05) is 19.7 Å². The first-order valence-electron chi connectivity index (χ1n) is 6.33. The first-order valence-corrected chi connectivity index (χ1v) is 6.33. The van der Waals surface area contributed by atoms with Crippen LogP contribution in [0, 0.1) is 5.92 Å². The van der Waals surface area contributed by atoms with Crippen molar-refractivity contribution in [2.45, 2.75) is 26.7 Å². The molecule has 0 aromatic rings. The zero-order chi connectivity index (χ0) is 10.9. The fourth-order valence-corrected chi connectivity index (χ4v) is 2.11. The van der Waals surface area contributed by atoms with Gasteiger partial charge in [-0.15, -0.1) is 0 Å². The highest BCUT2D eigenvalue weighted by atomic mass is 16.5. The summed E-state index contributed by atoms with van der Waals surface area (Å²) in [6, 6.07) is 0. The minimum Gasteiger partial charge on any atom is -0.380 e. The quantitative estimate of drug-likeness (QED) is 0.617. The summed E-state index contributed by atoms with van der Waals surface area (Å²) < 4.78 is 5.28. The van der Waals surface area contributed by atoms with Crippen LogP contribution in [0.2, 0.25) is 0 Å². The van der Waals surface area contributed by atoms with Crippen LogP contribution < -0.4 is 5.32 Å². The van der Waals surface area contributed by atoms with Gasteiger partial charge >= 0.3 is 0 Å². The molecule has 15 heavy (non-hydrogen) atoms. The maximum absolute atomic E-state index is 5.28. The van der Waals surface area contributed by atoms with Gasteiger partial charge in [-0.05, 0) is 45.3 Å². The third-order valence-corrected chi connectivity index (χ3v) is 2.89. The molecule has 1 aliphatic heterocycles. The Morgan fingerprint density at radius 3 is 2.73 bits per heavy atom. The molecule has 0 aromatic carbocycles. The Kier molecular flexibility index (Phi) is 6.98. The number of nitrogens with one attached hydrogen (secondary N) is 1. The highest BCUT2D eigenvalue weighted by Gasteiger charge is 2.13. The van der Waals surface area contributed by atoms with Crippen molar-refractivity contribution in [3.05, 3.63) is 0 Å². The molecule has 1 unspecified atom stereocenters. The molecule has 0 aromatic heterocycles. The fraction of sp³-hybridized carbons (Fsp3) is 1.00. The van der Waals surface area contributed by atoms with E-state index in [-0.39, 0.29) is 0 Å². The third-order valence-electron chi connectivity index (χ3n) is 2.89. The summed E-state index contributed by atoms with van der Waals surface area (Å²) >= 11 is 0. The lowest BCUT2D eigenvalue weighted by Gasteiger charge is -2.20. The fourth-order valence-electron chi connectivity index (χ4n) is 2.11. The summed E-state index contributed by atoms with van der Waals surface area (Å²) in [5.41, 5.74) is 0. The molecule has 0 bridgehead atoms. The molecule has 1 fully saturated rings. The Balaban J connectivity index is 1.91. The van der Waals surface area contributed by atoms with Crippen LogP contribution in [-0.2, 0) is 4.74 Å². The summed E-state index contributed by atoms with van der Waals surface area (Å²) in [5.74, 6) is 0.754. The van der Waals surface area contributed by atoms with E-state index in [2.05, 4.69) is 17.1 Å². The summed E-state index contributed by atoms with van der Waals surface area (Å²) in [6.07, 6.45) is 2.79. The van der Waals surface area contributed by atoms with Crippen molar-refractivity contribution in [2.24, 2.45) is 5.92 Å². The SMILES string of the molecule is CCOCCNCC(C)CN1CCCC1. The van der Waals surface area contributed by atoms with Crippen molar-refractivity contribution in [1.82, 2.24) is 10.2 Å². The molecule has 0 radical (unpaired) electrons. The predicted octanol–water partition coefficient (Wildman–Crippen LogP) is 1.34. The Labute approximate surface area is 94.2 Å². The van der Waals surface area contributed by atoms with Gasteiger partial charge in [0.25, 0.3) is 0 Å². The number of rotatable bonds is 8. The second-order valence-electron chi connectivity index (χ2n) is 4.51. The Morgan fingerprint density at radius 1 is 1.33 bits per heavy atom. The lowest BCUT2D eigenvalue weighted by Crippen LogP contribution is -2.32. The molecular weight excluding hydrogens is 188 g/mol. The van der Waals surface area contributed by atoms with Crippen LogP contribution in [0.4, 0.5) is 0 Å². The smallest absolute Gasteiger partial charge is 0.0590 e. The minimum atomic E-state index is 0.754. The van der Waals surface area contributed by atoms with Gasteiger partial charge in [-0.1, -0.05) is 6.92 Å². The second-order valence-corrected chi connectivity index (χ2v) is 4.51. The number of hydrogen-bond donors (Lipinski definition) is 1. The molecule has 1 N–H and O–H groups in total. The number of nitrogens with zero attached hydrogens (tertiary/aromatic N) is 1. The Morgan fingerprint density at radius 2 is 2.07 bits per heavy atom. The Hall–Kier alpha value is -0.120. The molecule has 90 valence electrons. The van der Waals surface area contributed by atoms with E-state index in [0.717, 1.165) is 32.2 Å². The van der Waals surface area contributed by atoms with Gasteiger partial charge in [0.1, 0.15) is 0 Å². The first-order chi connectivity index (χ1) is 7.33. The van der Waals surface area contributed by atoms with Crippen molar-refractivity contribution in [3.63, 3.8) is 0 Å². The zero-order valence-corrected chi connectivity index (χ0v) is 10.3. The van der Waals surface area contributed by atoms with Crippen LogP contribution in [0.15, 0.2) is 0 Å². The van der Waals surface area contributed by atoms with E-state index in [9.17, 15) is 0 Å². The van der Waals surface area contributed by atoms with E-state index in [1.165, 1.54) is 32.5 Å². The molecule has 0 spiro atoms. The topological polar surface area (TPSA) is 24.5 Å². The monoisotopic (exact) mass is 214 g/mol. The molecule has 3 heteroatoms. The molecule has 1 saturated heterocycles. The Bertz CT molecular complexity index is 147. The van der Waals surface area contributed by atoms with E-state index in [1.54, 1.807) is 0 Å². The maximum Gasteiger partial charge on any atom is 0.0590 e. The average molecular weight is 214 g/mol. The van der Waals surface area contributed by atoms with Gasteiger partial charge in [-0.2, -0.15) is 0 Å². The zero-order valence-electron chi connectivity index (χ0n) is 10.3. The lowest BCUT2D eigenvalue weighted by atomic mass is 10.1. The highest BCUT2D eigenvalue weighted by Crippen LogP contribution is 2.09. The van der Waals surface area contributed by atoms with Crippen molar-refractivity contribution in [3.8, 4) is 0 Å². The van der Waals surface area contributed by atoms with Gasteiger partial charge in [0.15, 0.2) is 0 Å². The number of hydrogen-bond acceptors (Lipinski definition) is 3. The summed E-state index contributed by atoms with van der Waals surface area (Å²) in [6.45, 7) is 12.0. The molecular formula is C12H26N2O. The molecule has 1 heterocycles. The van der Waals surface area contributed by atoms with Gasteiger partial charge in [0.05, 0.1) is 6.61 Å². The number of ether oxygens (including phenoxy) is 1. The van der Waals surface area contributed by atoms with Crippen LogP contribution >= 0.6 is 0 Å². The van der Waals surface area contributed by atoms with Gasteiger partial charge in [-0.25, -0.2) is 0 Å². The van der Waals surface area contributed by atoms with E-state index in [0.29, 0.717) is 0 Å². The van der Waals surface area contributed by atoms with Gasteiger partial charge in [0.2, 0.25) is 0 Å². The third kappa shape index (κ3) is 6.13. The van der Waals surface area contributed by atoms with Gasteiger partial charge < -0.3 is 15.0 Å². The number of likely N-dealkylation sites (tertiary alicyclic amines) is 1. The average Bonchev–Trinajstić information content (AvgIpc) is 2.70. The standard InChI is InChI=1S/C12H26N2O/c1-3-15-9-6-13-10-12(2)11-14-7-4-5-8-14/h12-13H,3-11H2,1-2H3. The van der Waals surface area contributed by atoms with Crippen molar-refractivity contribution >= 4 is 0 Å². The second kappa shape index (κ2) is 8.08. The maximum atomic E-state index is 5.28. The van der Waals surface area contributed by atoms with Crippen LogP contribution in [0.25, 0.3) is 0 Å². The van der Waals surface area contributed by atoms with Gasteiger partial charge in [-0.3, -0.25) is 0 Å². The largest absolute Gasteiger partial charge is 0.380 e. The van der Waals surface area contributed by atoms with Crippen molar-refractivity contribution < 1.29 is 4.74 Å². The highest BCUT2D eigenvalue weighted by molar-refractivity contribution is 4.69. The van der Waals surface area contributed by atoms with Crippen molar-refractivity contribution in [1.29, 1.82) is 0 Å². The molecule has 0 amide bonds. The van der Waals surface area contributed by atoms with Crippen LogP contribution in [0.5, 0.6) is 0 Å². The van der Waals surface area contributed by atoms with Crippen molar-refractivity contribution in [2.75, 3.05) is 45.9 Å². The van der Waals surface area contributed by atoms with Crippen LogP contribution in [-0.4, -0.2) is 50.8 Å². The molecule has 1 aliphatic rings. The molecule has 1 rings (SSSR count). The van der Waals surface area contributed by atoms with E-state index >= 15 is 0 Å². The van der Waals surface area contributed by atoms with Crippen LogP contribution in [0.1, 0.15) is 26.7 Å². The van der Waals surface area contributed by atoms with E-state index in [1.807, 2.05) is 6.92 Å². The normalized spacial score (nSPS) is 19.6. The predicted molar refractivity (Wildman–Crippen MR) is 64.2 cm³/mol. The van der Waals surface area contributed by atoms with Crippen LogP contribution in [0.3, 0.4) is 0 Å². The minimum absolute atomic E-state index is 0.754. The molecule has 0 aliphatic carbocycles. The summed E-state index contributed by atoms with van der Waals surface area (Å²) in [4.78, 5) is 2.58. The first kappa shape index (κ1) is 12.9.